The van der Waals surface area contributed by atoms with Crippen LogP contribution in [-0.2, 0) is 0 Å². The molecule has 0 atom stereocenters. The number of rotatable bonds is 7. The molecule has 0 bridgehead atoms. The van der Waals surface area contributed by atoms with Crippen LogP contribution >= 0.6 is 0 Å². The number of hydrogen-bond donors (Lipinski definition) is 1. The highest BCUT2D eigenvalue weighted by molar-refractivity contribution is 5.54. The minimum Gasteiger partial charge on any atom is -0.494 e. The van der Waals surface area contributed by atoms with E-state index in [0.717, 1.165) is 18.7 Å². The molecule has 0 aromatic heterocycles. The first-order valence-electron chi connectivity index (χ1n) is 6.81. The van der Waals surface area contributed by atoms with E-state index < -0.39 is 0 Å². The van der Waals surface area contributed by atoms with Crippen LogP contribution in [0.2, 0.25) is 0 Å². The van der Waals surface area contributed by atoms with Gasteiger partial charge in [0.15, 0.2) is 0 Å². The van der Waals surface area contributed by atoms with Crippen LogP contribution in [0, 0.1) is 0 Å². The zero-order chi connectivity index (χ0) is 13.4. The summed E-state index contributed by atoms with van der Waals surface area (Å²) in [5.74, 6) is 0.938. The van der Waals surface area contributed by atoms with Crippen molar-refractivity contribution in [1.82, 2.24) is 5.32 Å². The molecule has 0 fully saturated rings. The molecule has 1 aromatic carbocycles. The summed E-state index contributed by atoms with van der Waals surface area (Å²) >= 11 is 0. The molecule has 1 N–H and O–H groups in total. The number of benzene rings is 1. The Morgan fingerprint density at radius 3 is 2.39 bits per heavy atom. The molecule has 0 saturated heterocycles. The first kappa shape index (κ1) is 14.8. The summed E-state index contributed by atoms with van der Waals surface area (Å²) < 4.78 is 5.44. The first-order chi connectivity index (χ1) is 8.65. The largest absolute Gasteiger partial charge is 0.494 e. The fourth-order valence-corrected chi connectivity index (χ4v) is 1.68. The van der Waals surface area contributed by atoms with Crippen molar-refractivity contribution in [3.8, 4) is 5.75 Å². The van der Waals surface area contributed by atoms with Crippen LogP contribution in [0.5, 0.6) is 5.75 Å². The Kier molecular flexibility index (Phi) is 6.51. The van der Waals surface area contributed by atoms with E-state index >= 15 is 0 Å². The Bertz CT molecular complexity index is 365. The van der Waals surface area contributed by atoms with E-state index in [4.69, 9.17) is 4.74 Å². The maximum atomic E-state index is 5.44. The van der Waals surface area contributed by atoms with Gasteiger partial charge in [-0.05, 0) is 31.0 Å². The summed E-state index contributed by atoms with van der Waals surface area (Å²) in [7, 11) is 0. The zero-order valence-electron chi connectivity index (χ0n) is 12.0. The van der Waals surface area contributed by atoms with Crippen molar-refractivity contribution in [3.63, 3.8) is 0 Å². The second-order valence-corrected chi connectivity index (χ2v) is 4.69. The molecular weight excluding hydrogens is 222 g/mol. The smallest absolute Gasteiger partial charge is 0.119 e. The Hall–Kier alpha value is -1.28. The van der Waals surface area contributed by atoms with Gasteiger partial charge in [-0.1, -0.05) is 44.6 Å². The minimum absolute atomic E-state index is 0.528. The molecule has 2 heteroatoms. The summed E-state index contributed by atoms with van der Waals surface area (Å²) in [5.41, 5.74) is 2.66. The summed E-state index contributed by atoms with van der Waals surface area (Å²) in [6.07, 6.45) is 3.33. The molecule has 18 heavy (non-hydrogen) atoms. The molecule has 1 aromatic rings. The number of ether oxygens (including phenoxy) is 1. The van der Waals surface area contributed by atoms with E-state index in [-0.39, 0.29) is 0 Å². The van der Waals surface area contributed by atoms with Crippen molar-refractivity contribution in [2.24, 2.45) is 0 Å². The summed E-state index contributed by atoms with van der Waals surface area (Å²) in [6.45, 7) is 10.2. The van der Waals surface area contributed by atoms with Gasteiger partial charge >= 0.3 is 0 Å². The Morgan fingerprint density at radius 1 is 1.22 bits per heavy atom. The molecule has 0 saturated carbocycles. The van der Waals surface area contributed by atoms with E-state index in [1.807, 2.05) is 19.1 Å². The lowest BCUT2D eigenvalue weighted by Gasteiger charge is -2.10. The van der Waals surface area contributed by atoms with Gasteiger partial charge in [-0.15, -0.1) is 0 Å². The van der Waals surface area contributed by atoms with E-state index in [1.165, 1.54) is 11.1 Å². The predicted molar refractivity (Wildman–Crippen MR) is 79.0 cm³/mol. The van der Waals surface area contributed by atoms with E-state index in [1.54, 1.807) is 0 Å². The van der Waals surface area contributed by atoms with Gasteiger partial charge in [0, 0.05) is 12.6 Å². The molecular formula is C16H25NO. The molecule has 0 aliphatic rings. The third-order valence-corrected chi connectivity index (χ3v) is 2.75. The topological polar surface area (TPSA) is 21.3 Å². The van der Waals surface area contributed by atoms with Gasteiger partial charge in [-0.3, -0.25) is 0 Å². The standard InChI is InChI=1S/C16H25NO/c1-5-14(12-17-13(3)4)11-15-7-9-16(10-8-15)18-6-2/h7-11,13,17H,5-6,12H2,1-4H3. The Morgan fingerprint density at radius 2 is 1.89 bits per heavy atom. The van der Waals surface area contributed by atoms with Gasteiger partial charge in [0.05, 0.1) is 6.61 Å². The lowest BCUT2D eigenvalue weighted by molar-refractivity contribution is 0.340. The van der Waals surface area contributed by atoms with Crippen molar-refractivity contribution < 1.29 is 4.74 Å². The van der Waals surface area contributed by atoms with Gasteiger partial charge in [0.1, 0.15) is 5.75 Å². The second kappa shape index (κ2) is 7.93. The van der Waals surface area contributed by atoms with Gasteiger partial charge in [0.2, 0.25) is 0 Å². The monoisotopic (exact) mass is 247 g/mol. The maximum absolute atomic E-state index is 5.44. The van der Waals surface area contributed by atoms with Crippen LogP contribution in [0.15, 0.2) is 29.8 Å². The quantitative estimate of drug-likeness (QED) is 0.789. The third kappa shape index (κ3) is 5.37. The lowest BCUT2D eigenvalue weighted by Crippen LogP contribution is -2.24. The van der Waals surface area contributed by atoms with Gasteiger partial charge < -0.3 is 10.1 Å². The molecule has 0 unspecified atom stereocenters. The van der Waals surface area contributed by atoms with Crippen molar-refractivity contribution >= 4 is 6.08 Å². The fourth-order valence-electron chi connectivity index (χ4n) is 1.68. The molecule has 0 heterocycles. The van der Waals surface area contributed by atoms with Crippen molar-refractivity contribution in [2.75, 3.05) is 13.2 Å². The zero-order valence-corrected chi connectivity index (χ0v) is 12.0. The van der Waals surface area contributed by atoms with Gasteiger partial charge in [0.25, 0.3) is 0 Å². The van der Waals surface area contributed by atoms with Crippen LogP contribution in [0.25, 0.3) is 6.08 Å². The second-order valence-electron chi connectivity index (χ2n) is 4.69. The maximum Gasteiger partial charge on any atom is 0.119 e. The van der Waals surface area contributed by atoms with Crippen molar-refractivity contribution in [3.05, 3.63) is 35.4 Å². The molecule has 0 spiro atoms. The average molecular weight is 247 g/mol. The number of nitrogens with one attached hydrogen (secondary N) is 1. The predicted octanol–water partition coefficient (Wildman–Crippen LogP) is 3.88. The molecule has 100 valence electrons. The normalized spacial score (nSPS) is 11.9. The van der Waals surface area contributed by atoms with E-state index in [0.29, 0.717) is 12.6 Å². The minimum atomic E-state index is 0.528. The average Bonchev–Trinajstić information content (AvgIpc) is 2.36. The summed E-state index contributed by atoms with van der Waals surface area (Å²) in [5, 5.41) is 3.46. The van der Waals surface area contributed by atoms with E-state index in [9.17, 15) is 0 Å². The fraction of sp³-hybridized carbons (Fsp3) is 0.500. The highest BCUT2D eigenvalue weighted by atomic mass is 16.5. The molecule has 2 nitrogen and oxygen atoms in total. The third-order valence-electron chi connectivity index (χ3n) is 2.75. The van der Waals surface area contributed by atoms with Crippen LogP contribution in [0.3, 0.4) is 0 Å². The highest BCUT2D eigenvalue weighted by Crippen LogP contribution is 2.15. The van der Waals surface area contributed by atoms with Crippen molar-refractivity contribution in [2.45, 2.75) is 40.2 Å². The Labute approximate surface area is 111 Å². The van der Waals surface area contributed by atoms with Crippen LogP contribution in [0.1, 0.15) is 39.7 Å². The molecule has 0 radical (unpaired) electrons. The van der Waals surface area contributed by atoms with Gasteiger partial charge in [-0.2, -0.15) is 0 Å². The summed E-state index contributed by atoms with van der Waals surface area (Å²) in [6, 6.07) is 8.79. The highest BCUT2D eigenvalue weighted by Gasteiger charge is 1.98. The molecule has 0 aliphatic heterocycles. The molecule has 0 amide bonds. The molecule has 0 aliphatic carbocycles. The van der Waals surface area contributed by atoms with Crippen LogP contribution < -0.4 is 10.1 Å². The SMILES string of the molecule is CCOc1ccc(C=C(CC)CNC(C)C)cc1. The first-order valence-corrected chi connectivity index (χ1v) is 6.81. The lowest BCUT2D eigenvalue weighted by atomic mass is 10.1. The summed E-state index contributed by atoms with van der Waals surface area (Å²) in [4.78, 5) is 0. The van der Waals surface area contributed by atoms with Crippen LogP contribution in [-0.4, -0.2) is 19.2 Å². The number of hydrogen-bond acceptors (Lipinski definition) is 2. The van der Waals surface area contributed by atoms with E-state index in [2.05, 4.69) is 44.3 Å². The molecule has 1 rings (SSSR count). The van der Waals surface area contributed by atoms with Gasteiger partial charge in [-0.25, -0.2) is 0 Å². The van der Waals surface area contributed by atoms with Crippen LogP contribution in [0.4, 0.5) is 0 Å². The van der Waals surface area contributed by atoms with Crippen molar-refractivity contribution in [1.29, 1.82) is 0 Å². The Balaban J connectivity index is 2.66.